The van der Waals surface area contributed by atoms with Crippen molar-refractivity contribution < 1.29 is 19.1 Å². The Balaban J connectivity index is 2.17. The predicted octanol–water partition coefficient (Wildman–Crippen LogP) is 3.49. The number of hydrogen-bond donors (Lipinski definition) is 1. The normalized spacial score (nSPS) is 10.5. The Morgan fingerprint density at radius 3 is 2.25 bits per heavy atom. The van der Waals surface area contributed by atoms with Crippen LogP contribution in [-0.4, -0.2) is 38.6 Å². The van der Waals surface area contributed by atoms with Crippen LogP contribution in [-0.2, 0) is 4.79 Å². The zero-order valence-electron chi connectivity index (χ0n) is 17.3. The van der Waals surface area contributed by atoms with Crippen LogP contribution in [0.2, 0.25) is 0 Å². The van der Waals surface area contributed by atoms with E-state index in [1.54, 1.807) is 30.1 Å². The van der Waals surface area contributed by atoms with Crippen molar-refractivity contribution >= 4 is 17.5 Å². The summed E-state index contributed by atoms with van der Waals surface area (Å²) in [5, 5.41) is 2.76. The summed E-state index contributed by atoms with van der Waals surface area (Å²) in [7, 11) is 3.24. The lowest BCUT2D eigenvalue weighted by molar-refractivity contribution is -0.123. The van der Waals surface area contributed by atoms with Gasteiger partial charge in [-0.1, -0.05) is 6.07 Å². The number of nitrogens with zero attached hydrogens (tertiary/aromatic N) is 1. The van der Waals surface area contributed by atoms with Crippen LogP contribution in [0.4, 0.5) is 5.69 Å². The van der Waals surface area contributed by atoms with E-state index in [0.29, 0.717) is 17.1 Å². The SMILES string of the molecule is COc1cc(C(=O)N(C)c2cc(C)cc(C)c2)ccc1OCC(=O)NC(C)C. The Hall–Kier alpha value is -3.02. The fourth-order valence-corrected chi connectivity index (χ4v) is 2.88. The molecule has 0 spiro atoms. The van der Waals surface area contributed by atoms with Gasteiger partial charge in [-0.05, 0) is 69.2 Å². The van der Waals surface area contributed by atoms with Gasteiger partial charge in [0.1, 0.15) is 0 Å². The largest absolute Gasteiger partial charge is 0.493 e. The van der Waals surface area contributed by atoms with Crippen molar-refractivity contribution in [3.05, 3.63) is 53.1 Å². The lowest BCUT2D eigenvalue weighted by Crippen LogP contribution is -2.34. The average molecular weight is 384 g/mol. The van der Waals surface area contributed by atoms with Crippen LogP contribution >= 0.6 is 0 Å². The number of aryl methyl sites for hydroxylation is 2. The first-order valence-electron chi connectivity index (χ1n) is 9.17. The summed E-state index contributed by atoms with van der Waals surface area (Å²) in [5.41, 5.74) is 3.48. The monoisotopic (exact) mass is 384 g/mol. The Morgan fingerprint density at radius 1 is 1.04 bits per heavy atom. The molecule has 0 radical (unpaired) electrons. The Kier molecular flexibility index (Phi) is 7.04. The maximum atomic E-state index is 12.9. The summed E-state index contributed by atoms with van der Waals surface area (Å²) in [6.07, 6.45) is 0. The van der Waals surface area contributed by atoms with E-state index in [4.69, 9.17) is 9.47 Å². The molecule has 0 fully saturated rings. The molecule has 6 nitrogen and oxygen atoms in total. The maximum absolute atomic E-state index is 12.9. The van der Waals surface area contributed by atoms with Crippen molar-refractivity contribution in [1.82, 2.24) is 5.32 Å². The minimum atomic E-state index is -0.216. The molecule has 0 unspecified atom stereocenters. The second kappa shape index (κ2) is 9.26. The minimum Gasteiger partial charge on any atom is -0.493 e. The van der Waals surface area contributed by atoms with Crippen molar-refractivity contribution in [2.75, 3.05) is 25.7 Å². The highest BCUT2D eigenvalue weighted by Gasteiger charge is 2.17. The summed E-state index contributed by atoms with van der Waals surface area (Å²) in [6, 6.07) is 11.0. The highest BCUT2D eigenvalue weighted by Crippen LogP contribution is 2.29. The number of rotatable bonds is 7. The van der Waals surface area contributed by atoms with E-state index >= 15 is 0 Å². The first kappa shape index (κ1) is 21.3. The van der Waals surface area contributed by atoms with Gasteiger partial charge in [-0.3, -0.25) is 9.59 Å². The molecular weight excluding hydrogens is 356 g/mol. The van der Waals surface area contributed by atoms with E-state index in [1.807, 2.05) is 39.8 Å². The van der Waals surface area contributed by atoms with Gasteiger partial charge in [0.15, 0.2) is 18.1 Å². The molecule has 0 aliphatic heterocycles. The average Bonchev–Trinajstić information content (AvgIpc) is 2.63. The van der Waals surface area contributed by atoms with Gasteiger partial charge in [-0.25, -0.2) is 0 Å². The van der Waals surface area contributed by atoms with Crippen LogP contribution in [0.25, 0.3) is 0 Å². The van der Waals surface area contributed by atoms with Gasteiger partial charge in [0.2, 0.25) is 0 Å². The van der Waals surface area contributed by atoms with Gasteiger partial charge >= 0.3 is 0 Å². The summed E-state index contributed by atoms with van der Waals surface area (Å²) in [5.74, 6) is 0.434. The molecular formula is C22H28N2O4. The number of benzene rings is 2. The van der Waals surface area contributed by atoms with E-state index in [2.05, 4.69) is 11.4 Å². The molecule has 0 aliphatic carbocycles. The Bertz CT molecular complexity index is 841. The van der Waals surface area contributed by atoms with Gasteiger partial charge in [-0.2, -0.15) is 0 Å². The molecule has 0 aromatic heterocycles. The van der Waals surface area contributed by atoms with Crippen molar-refractivity contribution in [3.8, 4) is 11.5 Å². The number of carbonyl (C=O) groups is 2. The van der Waals surface area contributed by atoms with Crippen molar-refractivity contribution in [1.29, 1.82) is 0 Å². The summed E-state index contributed by atoms with van der Waals surface area (Å²) < 4.78 is 10.9. The van der Waals surface area contributed by atoms with Crippen LogP contribution in [0.5, 0.6) is 11.5 Å². The number of carbonyl (C=O) groups excluding carboxylic acids is 2. The molecule has 0 aliphatic rings. The Labute approximate surface area is 166 Å². The van der Waals surface area contributed by atoms with Crippen molar-refractivity contribution in [2.45, 2.75) is 33.7 Å². The molecule has 2 aromatic rings. The highest BCUT2D eigenvalue weighted by molar-refractivity contribution is 6.06. The second-order valence-corrected chi connectivity index (χ2v) is 7.09. The number of hydrogen-bond acceptors (Lipinski definition) is 4. The standard InChI is InChI=1S/C22H28N2O4/c1-14(2)23-21(25)13-28-19-8-7-17(12-20(19)27-6)22(26)24(5)18-10-15(3)9-16(4)11-18/h7-12,14H,13H2,1-6H3,(H,23,25). The third-order valence-electron chi connectivity index (χ3n) is 4.12. The van der Waals surface area contributed by atoms with Crippen molar-refractivity contribution in [3.63, 3.8) is 0 Å². The van der Waals surface area contributed by atoms with E-state index < -0.39 is 0 Å². The molecule has 28 heavy (non-hydrogen) atoms. The van der Waals surface area contributed by atoms with Crippen LogP contribution in [0, 0.1) is 13.8 Å². The number of ether oxygens (including phenoxy) is 2. The highest BCUT2D eigenvalue weighted by atomic mass is 16.5. The lowest BCUT2D eigenvalue weighted by Gasteiger charge is -2.19. The smallest absolute Gasteiger partial charge is 0.258 e. The van der Waals surface area contributed by atoms with E-state index in [-0.39, 0.29) is 24.5 Å². The molecule has 0 bridgehead atoms. The molecule has 0 saturated carbocycles. The van der Waals surface area contributed by atoms with Crippen LogP contribution in [0.3, 0.4) is 0 Å². The molecule has 0 saturated heterocycles. The van der Waals surface area contributed by atoms with Gasteiger partial charge in [0, 0.05) is 24.3 Å². The first-order chi connectivity index (χ1) is 13.2. The van der Waals surface area contributed by atoms with Gasteiger partial charge < -0.3 is 19.7 Å². The van der Waals surface area contributed by atoms with E-state index in [9.17, 15) is 9.59 Å². The molecule has 2 aromatic carbocycles. The number of amides is 2. The Morgan fingerprint density at radius 2 is 1.68 bits per heavy atom. The van der Waals surface area contributed by atoms with Crippen LogP contribution < -0.4 is 19.7 Å². The number of anilines is 1. The summed E-state index contributed by atoms with van der Waals surface area (Å²) in [6.45, 7) is 7.64. The first-order valence-corrected chi connectivity index (χ1v) is 9.17. The van der Waals surface area contributed by atoms with Crippen molar-refractivity contribution in [2.24, 2.45) is 0 Å². The molecule has 2 rings (SSSR count). The molecule has 150 valence electrons. The third-order valence-corrected chi connectivity index (χ3v) is 4.12. The van der Waals surface area contributed by atoms with E-state index in [0.717, 1.165) is 16.8 Å². The van der Waals surface area contributed by atoms with Gasteiger partial charge in [0.05, 0.1) is 7.11 Å². The van der Waals surface area contributed by atoms with Crippen LogP contribution in [0.15, 0.2) is 36.4 Å². The lowest BCUT2D eigenvalue weighted by atomic mass is 10.1. The molecule has 6 heteroatoms. The molecule has 2 amide bonds. The topological polar surface area (TPSA) is 67.9 Å². The maximum Gasteiger partial charge on any atom is 0.258 e. The van der Waals surface area contributed by atoms with Crippen LogP contribution in [0.1, 0.15) is 35.3 Å². The molecule has 0 atom stereocenters. The second-order valence-electron chi connectivity index (χ2n) is 7.09. The predicted molar refractivity (Wildman–Crippen MR) is 110 cm³/mol. The quantitative estimate of drug-likeness (QED) is 0.793. The zero-order chi connectivity index (χ0) is 20.8. The summed E-state index contributed by atoms with van der Waals surface area (Å²) >= 11 is 0. The van der Waals surface area contributed by atoms with E-state index in [1.165, 1.54) is 7.11 Å². The summed E-state index contributed by atoms with van der Waals surface area (Å²) in [4.78, 5) is 26.3. The molecule has 1 N–H and O–H groups in total. The third kappa shape index (κ3) is 5.49. The fourth-order valence-electron chi connectivity index (χ4n) is 2.88. The number of methoxy groups -OCH3 is 1. The zero-order valence-corrected chi connectivity index (χ0v) is 17.3. The van der Waals surface area contributed by atoms with Gasteiger partial charge in [-0.15, -0.1) is 0 Å². The molecule has 0 heterocycles. The number of nitrogens with one attached hydrogen (secondary N) is 1. The minimum absolute atomic E-state index is 0.0405. The van der Waals surface area contributed by atoms with Gasteiger partial charge in [0.25, 0.3) is 11.8 Å². The fraction of sp³-hybridized carbons (Fsp3) is 0.364.